The second kappa shape index (κ2) is 10.9. The summed E-state index contributed by atoms with van der Waals surface area (Å²) < 4.78 is 43.0. The van der Waals surface area contributed by atoms with Crippen LogP contribution in [0.5, 0.6) is 5.75 Å². The lowest BCUT2D eigenvalue weighted by Gasteiger charge is -2.19. The summed E-state index contributed by atoms with van der Waals surface area (Å²) in [7, 11) is -2.01. The van der Waals surface area contributed by atoms with Crippen LogP contribution in [0.1, 0.15) is 36.8 Å². The Morgan fingerprint density at radius 3 is 2.43 bits per heavy atom. The van der Waals surface area contributed by atoms with Gasteiger partial charge in [-0.15, -0.1) is 0 Å². The topological polar surface area (TPSA) is 103 Å². The van der Waals surface area contributed by atoms with Crippen LogP contribution in [0.25, 0.3) is 17.0 Å². The Labute approximate surface area is 203 Å². The van der Waals surface area contributed by atoms with E-state index in [0.717, 1.165) is 25.7 Å². The van der Waals surface area contributed by atoms with Crippen LogP contribution in [-0.2, 0) is 26.2 Å². The zero-order valence-corrected chi connectivity index (χ0v) is 20.3. The summed E-state index contributed by atoms with van der Waals surface area (Å²) in [6.45, 7) is 0.981. The molecule has 1 aliphatic heterocycles. The van der Waals surface area contributed by atoms with E-state index in [1.807, 2.05) is 0 Å². The molecule has 1 aromatic heterocycles. The number of methoxy groups -OCH3 is 1. The summed E-state index contributed by atoms with van der Waals surface area (Å²) in [6.07, 6.45) is 6.66. The number of carbonyl (C=O) groups excluding carboxylic acids is 1. The van der Waals surface area contributed by atoms with Crippen molar-refractivity contribution in [3.05, 3.63) is 76.2 Å². The van der Waals surface area contributed by atoms with Gasteiger partial charge in [0.25, 0.3) is 0 Å². The van der Waals surface area contributed by atoms with Gasteiger partial charge in [0.2, 0.25) is 10.0 Å². The normalized spacial score (nSPS) is 15.2. The van der Waals surface area contributed by atoms with Crippen molar-refractivity contribution in [3.8, 4) is 5.75 Å². The van der Waals surface area contributed by atoms with Crippen LogP contribution in [-0.4, -0.2) is 38.9 Å². The standard InChI is InChI=1S/C26H27NO7S/c1-32-21-9-12-23-20(16-26(29)34-24(23)17-21)18-33-25(28)13-8-19-6-10-22(11-7-19)35(30,31)27-14-4-2-3-5-15-27/h6-13,16-17H,2-5,14-15,18H2,1H3/b13-8+. The summed E-state index contributed by atoms with van der Waals surface area (Å²) >= 11 is 0. The van der Waals surface area contributed by atoms with Gasteiger partial charge in [-0.05, 0) is 48.7 Å². The van der Waals surface area contributed by atoms with Crippen molar-refractivity contribution in [1.82, 2.24) is 4.31 Å². The molecule has 0 N–H and O–H groups in total. The largest absolute Gasteiger partial charge is 0.497 e. The van der Waals surface area contributed by atoms with Crippen LogP contribution in [0.2, 0.25) is 0 Å². The first kappa shape index (κ1) is 24.7. The number of nitrogens with zero attached hydrogens (tertiary/aromatic N) is 1. The Hall–Kier alpha value is -3.43. The van der Waals surface area contributed by atoms with Gasteiger partial charge in [0.05, 0.1) is 12.0 Å². The number of carbonyl (C=O) groups is 1. The minimum Gasteiger partial charge on any atom is -0.497 e. The average Bonchev–Trinajstić information content (AvgIpc) is 3.16. The molecule has 0 saturated carbocycles. The fourth-order valence-electron chi connectivity index (χ4n) is 4.00. The lowest BCUT2D eigenvalue weighted by atomic mass is 10.1. The third-order valence-corrected chi connectivity index (χ3v) is 7.81. The Bertz CT molecular complexity index is 1380. The second-order valence-corrected chi connectivity index (χ2v) is 10.2. The van der Waals surface area contributed by atoms with Crippen LogP contribution >= 0.6 is 0 Å². The molecule has 0 radical (unpaired) electrons. The number of hydrogen-bond acceptors (Lipinski definition) is 7. The zero-order chi connectivity index (χ0) is 24.8. The summed E-state index contributed by atoms with van der Waals surface area (Å²) in [5.41, 5.74) is 0.967. The van der Waals surface area contributed by atoms with Gasteiger partial charge in [0.15, 0.2) is 0 Å². The molecule has 4 rings (SSSR count). The van der Waals surface area contributed by atoms with Crippen molar-refractivity contribution < 1.29 is 27.1 Å². The smallest absolute Gasteiger partial charge is 0.336 e. The Morgan fingerprint density at radius 1 is 1.03 bits per heavy atom. The number of esters is 1. The number of hydrogen-bond donors (Lipinski definition) is 0. The molecule has 0 atom stereocenters. The second-order valence-electron chi connectivity index (χ2n) is 8.28. The quantitative estimate of drug-likeness (QED) is 0.275. The maximum absolute atomic E-state index is 12.9. The van der Waals surface area contributed by atoms with E-state index in [4.69, 9.17) is 13.9 Å². The summed E-state index contributed by atoms with van der Waals surface area (Å²) in [5, 5.41) is 0.642. The molecule has 0 spiro atoms. The van der Waals surface area contributed by atoms with Crippen molar-refractivity contribution in [2.75, 3.05) is 20.2 Å². The molecule has 3 aromatic rings. The predicted molar refractivity (Wildman–Crippen MR) is 132 cm³/mol. The third kappa shape index (κ3) is 5.98. The monoisotopic (exact) mass is 497 g/mol. The maximum atomic E-state index is 12.9. The SMILES string of the molecule is COc1ccc2c(COC(=O)/C=C/c3ccc(S(=O)(=O)N4CCCCCC4)cc3)cc(=O)oc2c1. The first-order valence-electron chi connectivity index (χ1n) is 11.4. The van der Waals surface area contributed by atoms with E-state index in [2.05, 4.69) is 0 Å². The first-order valence-corrected chi connectivity index (χ1v) is 12.9. The highest BCUT2D eigenvalue weighted by Crippen LogP contribution is 2.23. The lowest BCUT2D eigenvalue weighted by molar-refractivity contribution is -0.138. The van der Waals surface area contributed by atoms with Gasteiger partial charge in [-0.25, -0.2) is 18.0 Å². The highest BCUT2D eigenvalue weighted by molar-refractivity contribution is 7.89. The van der Waals surface area contributed by atoms with Gasteiger partial charge in [-0.1, -0.05) is 25.0 Å². The molecule has 0 unspecified atom stereocenters. The van der Waals surface area contributed by atoms with Crippen LogP contribution in [0.15, 0.2) is 68.7 Å². The summed E-state index contributed by atoms with van der Waals surface area (Å²) in [5.74, 6) is -0.0517. The summed E-state index contributed by atoms with van der Waals surface area (Å²) in [4.78, 5) is 24.4. The van der Waals surface area contributed by atoms with E-state index in [-0.39, 0.29) is 11.5 Å². The first-order chi connectivity index (χ1) is 16.9. The van der Waals surface area contributed by atoms with E-state index in [0.29, 0.717) is 40.9 Å². The van der Waals surface area contributed by atoms with E-state index in [1.165, 1.54) is 19.3 Å². The number of sulfonamides is 1. The molecule has 8 nitrogen and oxygen atoms in total. The average molecular weight is 498 g/mol. The Balaban J connectivity index is 1.40. The minimum absolute atomic E-state index is 0.107. The van der Waals surface area contributed by atoms with Crippen molar-refractivity contribution in [2.24, 2.45) is 0 Å². The minimum atomic E-state index is -3.52. The molecule has 2 aromatic carbocycles. The van der Waals surface area contributed by atoms with Crippen molar-refractivity contribution in [2.45, 2.75) is 37.2 Å². The van der Waals surface area contributed by atoms with Gasteiger partial charge in [0.1, 0.15) is 17.9 Å². The molecule has 1 aliphatic rings. The number of rotatable bonds is 7. The molecule has 1 fully saturated rings. The van der Waals surface area contributed by atoms with Gasteiger partial charge < -0.3 is 13.9 Å². The molecule has 2 heterocycles. The molecule has 184 valence electrons. The van der Waals surface area contributed by atoms with Crippen molar-refractivity contribution in [3.63, 3.8) is 0 Å². The fourth-order valence-corrected chi connectivity index (χ4v) is 5.52. The highest BCUT2D eigenvalue weighted by atomic mass is 32.2. The molecule has 0 amide bonds. The van der Waals surface area contributed by atoms with Gasteiger partial charge in [-0.2, -0.15) is 4.31 Å². The Kier molecular flexibility index (Phi) is 7.67. The van der Waals surface area contributed by atoms with Gasteiger partial charge >= 0.3 is 11.6 Å². The highest BCUT2D eigenvalue weighted by Gasteiger charge is 2.24. The number of ether oxygens (including phenoxy) is 2. The van der Waals surface area contributed by atoms with E-state index in [9.17, 15) is 18.0 Å². The summed E-state index contributed by atoms with van der Waals surface area (Å²) in [6, 6.07) is 12.7. The van der Waals surface area contributed by atoms with Crippen molar-refractivity contribution >= 4 is 33.0 Å². The Morgan fingerprint density at radius 2 is 1.74 bits per heavy atom. The lowest BCUT2D eigenvalue weighted by Crippen LogP contribution is -2.31. The molecule has 0 aliphatic carbocycles. The van der Waals surface area contributed by atoms with Crippen LogP contribution in [0, 0.1) is 0 Å². The van der Waals surface area contributed by atoms with E-state index < -0.39 is 21.6 Å². The van der Waals surface area contributed by atoms with E-state index >= 15 is 0 Å². The van der Waals surface area contributed by atoms with Crippen LogP contribution < -0.4 is 10.4 Å². The fraction of sp³-hybridized carbons (Fsp3) is 0.308. The van der Waals surface area contributed by atoms with Crippen LogP contribution in [0.4, 0.5) is 0 Å². The van der Waals surface area contributed by atoms with Crippen LogP contribution in [0.3, 0.4) is 0 Å². The zero-order valence-electron chi connectivity index (χ0n) is 19.4. The number of benzene rings is 2. The predicted octanol–water partition coefficient (Wildman–Crippen LogP) is 4.12. The molecular formula is C26H27NO7S. The van der Waals surface area contributed by atoms with Gasteiger partial charge in [0, 0.05) is 42.2 Å². The third-order valence-electron chi connectivity index (χ3n) is 5.90. The molecule has 1 saturated heterocycles. The molecular weight excluding hydrogens is 470 g/mol. The van der Waals surface area contributed by atoms with Gasteiger partial charge in [-0.3, -0.25) is 0 Å². The maximum Gasteiger partial charge on any atom is 0.336 e. The molecule has 35 heavy (non-hydrogen) atoms. The number of fused-ring (bicyclic) bond motifs is 1. The molecule has 9 heteroatoms. The van der Waals surface area contributed by atoms with Crippen molar-refractivity contribution in [1.29, 1.82) is 0 Å². The van der Waals surface area contributed by atoms with E-state index in [1.54, 1.807) is 52.8 Å². The molecule has 0 bridgehead atoms.